The molecule has 0 radical (unpaired) electrons. The summed E-state index contributed by atoms with van der Waals surface area (Å²) in [5, 5.41) is 12.0. The molecule has 3 fully saturated rings. The Morgan fingerprint density at radius 1 is 0.964 bits per heavy atom. The van der Waals surface area contributed by atoms with Gasteiger partial charge in [0.25, 0.3) is 11.7 Å². The van der Waals surface area contributed by atoms with Crippen molar-refractivity contribution in [3.63, 3.8) is 0 Å². The van der Waals surface area contributed by atoms with Crippen molar-refractivity contribution in [2.75, 3.05) is 27.9 Å². The number of rotatable bonds is 6. The van der Waals surface area contributed by atoms with Crippen LogP contribution in [0.25, 0.3) is 0 Å². The van der Waals surface area contributed by atoms with Crippen molar-refractivity contribution in [3.8, 4) is 0 Å². The molecular formula is C43H70N2O10. The summed E-state index contributed by atoms with van der Waals surface area (Å²) >= 11 is 0. The molecule has 1 saturated carbocycles. The highest BCUT2D eigenvalue weighted by Crippen LogP contribution is 2.39. The number of nitrogens with two attached hydrogens (primary N) is 1. The van der Waals surface area contributed by atoms with E-state index < -0.39 is 59.8 Å². The zero-order valence-corrected chi connectivity index (χ0v) is 34.9. The van der Waals surface area contributed by atoms with Gasteiger partial charge in [0.1, 0.15) is 24.0 Å². The van der Waals surface area contributed by atoms with Crippen LogP contribution in [0.1, 0.15) is 119 Å². The van der Waals surface area contributed by atoms with Crippen molar-refractivity contribution in [1.82, 2.24) is 4.90 Å². The van der Waals surface area contributed by atoms with Crippen molar-refractivity contribution in [2.45, 2.75) is 167 Å². The molecule has 0 aromatic carbocycles. The van der Waals surface area contributed by atoms with E-state index in [0.29, 0.717) is 51.4 Å². The third kappa shape index (κ3) is 10.9. The molecule has 3 N–H and O–H groups in total. The van der Waals surface area contributed by atoms with Crippen LogP contribution in [-0.4, -0.2) is 110 Å². The maximum absolute atomic E-state index is 14.3. The molecule has 12 nitrogen and oxygen atoms in total. The standard InChI is InChI=1S/C43H70N2O10/c1-10-31-20-25(2)19-26(3)21-36(52-8)39-37(53-9)23-29(6)43(50,55-39)40(47)41(48)45-18-12-11-13-33(45)42(49)54-38(27(4)14-17-34(31)46)28(5)22-30-15-16-32(44)35(24-30)51-7/h20,22,26-27,29-33,35-39,50H,10-19,21,23-24,44H2,1-9H3. The third-order valence-electron chi connectivity index (χ3n) is 12.8. The summed E-state index contributed by atoms with van der Waals surface area (Å²) in [6, 6.07) is -1.06. The first-order chi connectivity index (χ1) is 26.1. The summed E-state index contributed by atoms with van der Waals surface area (Å²) in [6.45, 7) is 11.9. The SMILES string of the molecule is CCC1C=C(C)CC(C)CC(OC)C2OC(O)(C(=O)C(=O)N3CCCCC3C(=O)OC(C(C)=CC3CCC(N)C(OC)C3)C(C)CCC1=O)C(C)CC2OC. The lowest BCUT2D eigenvalue weighted by Gasteiger charge is -2.47. The number of ketones is 2. The van der Waals surface area contributed by atoms with E-state index in [1.54, 1.807) is 28.3 Å². The molecular weight excluding hydrogens is 704 g/mol. The van der Waals surface area contributed by atoms with Gasteiger partial charge in [0, 0.05) is 52.2 Å². The van der Waals surface area contributed by atoms with Gasteiger partial charge in [-0.15, -0.1) is 0 Å². The van der Waals surface area contributed by atoms with Crippen LogP contribution in [0, 0.1) is 29.6 Å². The molecule has 4 rings (SSSR count). The number of carbonyl (C=O) groups excluding carboxylic acids is 4. The normalized spacial score (nSPS) is 39.8. The average molecular weight is 775 g/mol. The molecule has 2 bridgehead atoms. The molecule has 1 aliphatic carbocycles. The Morgan fingerprint density at radius 3 is 2.29 bits per heavy atom. The molecule has 4 aliphatic rings. The smallest absolute Gasteiger partial charge is 0.329 e. The number of carbonyl (C=O) groups is 4. The van der Waals surface area contributed by atoms with Crippen LogP contribution < -0.4 is 5.73 Å². The highest BCUT2D eigenvalue weighted by atomic mass is 16.7. The van der Waals surface area contributed by atoms with Crippen molar-refractivity contribution in [1.29, 1.82) is 0 Å². The van der Waals surface area contributed by atoms with Gasteiger partial charge < -0.3 is 39.4 Å². The first-order valence-electron chi connectivity index (χ1n) is 20.8. The number of cyclic esters (lactones) is 1. The van der Waals surface area contributed by atoms with Crippen LogP contribution in [0.5, 0.6) is 0 Å². The van der Waals surface area contributed by atoms with Crippen molar-refractivity contribution in [2.24, 2.45) is 35.3 Å². The molecule has 3 heterocycles. The van der Waals surface area contributed by atoms with Gasteiger partial charge in [-0.05, 0) is 108 Å². The van der Waals surface area contributed by atoms with Crippen LogP contribution >= 0.6 is 0 Å². The fourth-order valence-electron chi connectivity index (χ4n) is 9.45. The van der Waals surface area contributed by atoms with Crippen molar-refractivity contribution >= 4 is 23.4 Å². The summed E-state index contributed by atoms with van der Waals surface area (Å²) in [7, 11) is 4.79. The zero-order chi connectivity index (χ0) is 40.6. The molecule has 0 aromatic heterocycles. The molecule has 13 unspecified atom stereocenters. The lowest BCUT2D eigenvalue weighted by Crippen LogP contribution is -2.64. The van der Waals surface area contributed by atoms with Crippen LogP contribution in [0.3, 0.4) is 0 Å². The highest BCUT2D eigenvalue weighted by Gasteiger charge is 2.56. The van der Waals surface area contributed by atoms with Gasteiger partial charge >= 0.3 is 5.97 Å². The van der Waals surface area contributed by atoms with E-state index in [1.165, 1.54) is 4.90 Å². The number of ether oxygens (including phenoxy) is 5. The summed E-state index contributed by atoms with van der Waals surface area (Å²) in [5.41, 5.74) is 8.27. The van der Waals surface area contributed by atoms with E-state index in [4.69, 9.17) is 29.4 Å². The van der Waals surface area contributed by atoms with Crippen LogP contribution in [0.2, 0.25) is 0 Å². The molecule has 312 valence electrons. The molecule has 13 atom stereocenters. The monoisotopic (exact) mass is 775 g/mol. The van der Waals surface area contributed by atoms with Gasteiger partial charge in [0.2, 0.25) is 5.79 Å². The van der Waals surface area contributed by atoms with Crippen LogP contribution in [0.4, 0.5) is 0 Å². The molecule has 3 aliphatic heterocycles. The maximum atomic E-state index is 14.3. The minimum atomic E-state index is -2.45. The van der Waals surface area contributed by atoms with Crippen LogP contribution in [0.15, 0.2) is 23.3 Å². The minimum absolute atomic E-state index is 0.0365. The third-order valence-corrected chi connectivity index (χ3v) is 12.8. The summed E-state index contributed by atoms with van der Waals surface area (Å²) in [5.74, 6) is -5.97. The van der Waals surface area contributed by atoms with E-state index in [9.17, 15) is 24.3 Å². The summed E-state index contributed by atoms with van der Waals surface area (Å²) < 4.78 is 30.1. The lowest BCUT2D eigenvalue weighted by atomic mass is 9.81. The number of nitrogens with zero attached hydrogens (tertiary/aromatic N) is 1. The van der Waals surface area contributed by atoms with E-state index in [0.717, 1.165) is 30.4 Å². The van der Waals surface area contributed by atoms with Gasteiger partial charge in [-0.25, -0.2) is 4.79 Å². The Bertz CT molecular complexity index is 1400. The summed E-state index contributed by atoms with van der Waals surface area (Å²) in [4.78, 5) is 57.7. The van der Waals surface area contributed by atoms with Gasteiger partial charge in [0.15, 0.2) is 0 Å². The molecule has 12 heteroatoms. The first-order valence-corrected chi connectivity index (χ1v) is 20.8. The predicted molar refractivity (Wildman–Crippen MR) is 209 cm³/mol. The molecule has 0 spiro atoms. The van der Waals surface area contributed by atoms with E-state index in [-0.39, 0.29) is 54.6 Å². The Kier molecular flexibility index (Phi) is 16.7. The van der Waals surface area contributed by atoms with Gasteiger partial charge in [-0.3, -0.25) is 14.4 Å². The molecule has 0 aromatic rings. The Hall–Kier alpha value is -2.48. The molecule has 55 heavy (non-hydrogen) atoms. The zero-order valence-electron chi connectivity index (χ0n) is 34.9. The second-order valence-electron chi connectivity index (χ2n) is 17.1. The van der Waals surface area contributed by atoms with E-state index in [1.807, 2.05) is 27.7 Å². The van der Waals surface area contributed by atoms with Gasteiger partial charge in [0.05, 0.1) is 18.3 Å². The minimum Gasteiger partial charge on any atom is -0.456 e. The number of allylic oxidation sites excluding steroid dienone is 3. The van der Waals surface area contributed by atoms with Gasteiger partial charge in [-0.1, -0.05) is 45.4 Å². The Labute approximate surface area is 329 Å². The van der Waals surface area contributed by atoms with Crippen LogP contribution in [-0.2, 0) is 42.9 Å². The van der Waals surface area contributed by atoms with Crippen molar-refractivity contribution in [3.05, 3.63) is 23.3 Å². The van der Waals surface area contributed by atoms with Crippen molar-refractivity contribution < 1.29 is 48.0 Å². The maximum Gasteiger partial charge on any atom is 0.329 e. The topological polar surface area (TPSA) is 164 Å². The second-order valence-corrected chi connectivity index (χ2v) is 17.1. The average Bonchev–Trinajstić information content (AvgIpc) is 3.17. The quantitative estimate of drug-likeness (QED) is 0.200. The number of amides is 1. The number of Topliss-reactive ketones (excluding diaryl/α,β-unsaturated/α-hetero) is 2. The van der Waals surface area contributed by atoms with E-state index in [2.05, 4.69) is 19.1 Å². The number of hydrogen-bond acceptors (Lipinski definition) is 11. The number of methoxy groups -OCH3 is 3. The van der Waals surface area contributed by atoms with E-state index >= 15 is 0 Å². The largest absolute Gasteiger partial charge is 0.456 e. The number of esters is 1. The Morgan fingerprint density at radius 2 is 1.64 bits per heavy atom. The Balaban J connectivity index is 1.73. The highest BCUT2D eigenvalue weighted by molar-refractivity contribution is 6.39. The number of fused-ring (bicyclic) bond motifs is 3. The molecule has 1 amide bonds. The fourth-order valence-corrected chi connectivity index (χ4v) is 9.45. The second kappa shape index (κ2) is 20.3. The van der Waals surface area contributed by atoms with Gasteiger partial charge in [-0.2, -0.15) is 0 Å². The number of hydrogen-bond donors (Lipinski definition) is 2. The number of aliphatic hydroxyl groups is 1. The lowest BCUT2D eigenvalue weighted by molar-refractivity contribution is -0.302. The fraction of sp³-hybridized carbons (Fsp3) is 0.814. The first kappa shape index (κ1) is 45.2. The predicted octanol–water partition coefficient (Wildman–Crippen LogP) is 5.47. The molecule has 2 saturated heterocycles. The number of piperidine rings is 1. The summed E-state index contributed by atoms with van der Waals surface area (Å²) in [6.07, 6.45) is 8.55.